The van der Waals surface area contributed by atoms with Crippen LogP contribution in [0.5, 0.6) is 0 Å². The van der Waals surface area contributed by atoms with Crippen LogP contribution in [0.15, 0.2) is 64.4 Å². The third-order valence-electron chi connectivity index (χ3n) is 4.43. The van der Waals surface area contributed by atoms with Gasteiger partial charge in [-0.3, -0.25) is 0 Å². The van der Waals surface area contributed by atoms with Gasteiger partial charge in [0.2, 0.25) is 10.0 Å². The highest BCUT2D eigenvalue weighted by Crippen LogP contribution is 2.28. The van der Waals surface area contributed by atoms with E-state index in [9.17, 15) is 16.8 Å². The van der Waals surface area contributed by atoms with E-state index >= 15 is 0 Å². The maximum Gasteiger partial charge on any atom is 0.243 e. The van der Waals surface area contributed by atoms with Crippen LogP contribution in [-0.4, -0.2) is 39.5 Å². The normalized spacial score (nSPS) is 19.2. The average Bonchev–Trinajstić information content (AvgIpc) is 3.04. The van der Waals surface area contributed by atoms with Crippen molar-refractivity contribution in [2.75, 3.05) is 12.3 Å². The molecule has 1 heterocycles. The number of nitrogens with zero attached hydrogens (tertiary/aromatic N) is 1. The second-order valence-electron chi connectivity index (χ2n) is 6.32. The lowest BCUT2D eigenvalue weighted by atomic mass is 10.2. The van der Waals surface area contributed by atoms with Gasteiger partial charge in [-0.2, -0.15) is 4.31 Å². The Morgan fingerprint density at radius 3 is 2.32 bits per heavy atom. The minimum Gasteiger partial charge on any atom is -0.224 e. The van der Waals surface area contributed by atoms with Crippen molar-refractivity contribution in [3.63, 3.8) is 0 Å². The average molecular weight is 380 g/mol. The maximum atomic E-state index is 13.0. The number of rotatable bonds is 5. The molecule has 0 amide bonds. The molecule has 1 aliphatic heterocycles. The third-order valence-corrected chi connectivity index (χ3v) is 8.20. The fraction of sp³-hybridized carbons (Fsp3) is 0.333. The number of hydrogen-bond donors (Lipinski definition) is 0. The summed E-state index contributed by atoms with van der Waals surface area (Å²) >= 11 is 0. The molecule has 0 unspecified atom stereocenters. The molecule has 0 bridgehead atoms. The molecule has 0 N–H and O–H groups in total. The van der Waals surface area contributed by atoms with E-state index in [-0.39, 0.29) is 15.5 Å². The molecule has 1 aliphatic rings. The molecule has 134 valence electrons. The molecule has 0 aliphatic carbocycles. The Hall–Kier alpha value is -1.70. The molecule has 7 heteroatoms. The van der Waals surface area contributed by atoms with Crippen molar-refractivity contribution < 1.29 is 16.8 Å². The molecule has 2 aromatic rings. The molecule has 3 rings (SSSR count). The van der Waals surface area contributed by atoms with Gasteiger partial charge in [0.1, 0.15) is 0 Å². The van der Waals surface area contributed by atoms with Crippen molar-refractivity contribution in [3.05, 3.63) is 60.2 Å². The lowest BCUT2D eigenvalue weighted by Crippen LogP contribution is -2.39. The van der Waals surface area contributed by atoms with E-state index in [0.29, 0.717) is 19.4 Å². The summed E-state index contributed by atoms with van der Waals surface area (Å²) < 4.78 is 52.5. The van der Waals surface area contributed by atoms with Crippen LogP contribution in [0.1, 0.15) is 18.4 Å². The summed E-state index contributed by atoms with van der Waals surface area (Å²) in [6, 6.07) is 14.4. The van der Waals surface area contributed by atoms with Gasteiger partial charge in [-0.1, -0.05) is 30.3 Å². The van der Waals surface area contributed by atoms with Crippen molar-refractivity contribution in [3.8, 4) is 0 Å². The van der Waals surface area contributed by atoms with Crippen LogP contribution in [0.3, 0.4) is 0 Å². The van der Waals surface area contributed by atoms with Crippen LogP contribution in [0.2, 0.25) is 0 Å². The molecule has 1 atom stereocenters. The van der Waals surface area contributed by atoms with Crippen molar-refractivity contribution >= 4 is 19.9 Å². The van der Waals surface area contributed by atoms with Gasteiger partial charge in [0.25, 0.3) is 0 Å². The zero-order chi connectivity index (χ0) is 18.1. The molecule has 0 spiro atoms. The third kappa shape index (κ3) is 3.78. The van der Waals surface area contributed by atoms with Gasteiger partial charge < -0.3 is 0 Å². The summed E-state index contributed by atoms with van der Waals surface area (Å²) in [5.41, 5.74) is 0.855. The van der Waals surface area contributed by atoms with E-state index in [4.69, 9.17) is 0 Å². The van der Waals surface area contributed by atoms with Gasteiger partial charge in [0, 0.05) is 12.6 Å². The van der Waals surface area contributed by atoms with Crippen molar-refractivity contribution in [1.82, 2.24) is 4.31 Å². The molecule has 0 radical (unpaired) electrons. The van der Waals surface area contributed by atoms with Crippen molar-refractivity contribution in [1.29, 1.82) is 0 Å². The number of sulfonamides is 1. The SMILES string of the molecule is Cc1cccc(S(=O)(=O)N2CCC[C@H]2CS(=O)(=O)c2ccccc2)c1. The molecule has 0 aromatic heterocycles. The van der Waals surface area contributed by atoms with Gasteiger partial charge in [0.15, 0.2) is 9.84 Å². The molecule has 25 heavy (non-hydrogen) atoms. The Kier molecular flexibility index (Phi) is 4.99. The molecule has 1 saturated heterocycles. The first kappa shape index (κ1) is 18.1. The first-order valence-electron chi connectivity index (χ1n) is 8.17. The van der Waals surface area contributed by atoms with Crippen LogP contribution < -0.4 is 0 Å². The van der Waals surface area contributed by atoms with Gasteiger partial charge in [-0.05, 0) is 49.6 Å². The zero-order valence-corrected chi connectivity index (χ0v) is 15.6. The Balaban J connectivity index is 1.88. The van der Waals surface area contributed by atoms with E-state index < -0.39 is 25.9 Å². The van der Waals surface area contributed by atoms with Crippen LogP contribution in [0.25, 0.3) is 0 Å². The lowest BCUT2D eigenvalue weighted by molar-refractivity contribution is 0.407. The molecular formula is C18H21NO4S2. The Morgan fingerprint density at radius 2 is 1.64 bits per heavy atom. The fourth-order valence-corrected chi connectivity index (χ4v) is 6.69. The number of benzene rings is 2. The van der Waals surface area contributed by atoms with E-state index in [2.05, 4.69) is 0 Å². The van der Waals surface area contributed by atoms with Gasteiger partial charge in [0.05, 0.1) is 15.5 Å². The number of sulfone groups is 1. The van der Waals surface area contributed by atoms with E-state index in [1.165, 1.54) is 4.31 Å². The molecule has 5 nitrogen and oxygen atoms in total. The number of aryl methyl sites for hydroxylation is 1. The molecule has 0 saturated carbocycles. The van der Waals surface area contributed by atoms with Gasteiger partial charge in [-0.15, -0.1) is 0 Å². The first-order valence-corrected chi connectivity index (χ1v) is 11.3. The second kappa shape index (κ2) is 6.90. The topological polar surface area (TPSA) is 71.5 Å². The van der Waals surface area contributed by atoms with E-state index in [1.807, 2.05) is 13.0 Å². The summed E-state index contributed by atoms with van der Waals surface area (Å²) in [4.78, 5) is 0.450. The van der Waals surface area contributed by atoms with Crippen LogP contribution >= 0.6 is 0 Å². The van der Waals surface area contributed by atoms with Crippen LogP contribution in [0.4, 0.5) is 0 Å². The summed E-state index contributed by atoms with van der Waals surface area (Å²) in [6.45, 7) is 2.19. The number of hydrogen-bond acceptors (Lipinski definition) is 4. The minimum absolute atomic E-state index is 0.192. The lowest BCUT2D eigenvalue weighted by Gasteiger charge is -2.24. The predicted molar refractivity (Wildman–Crippen MR) is 96.6 cm³/mol. The minimum atomic E-state index is -3.70. The van der Waals surface area contributed by atoms with Crippen LogP contribution in [-0.2, 0) is 19.9 Å². The summed E-state index contributed by atoms with van der Waals surface area (Å²) in [7, 11) is -7.23. The highest BCUT2D eigenvalue weighted by Gasteiger charge is 2.38. The predicted octanol–water partition coefficient (Wildman–Crippen LogP) is 2.62. The monoisotopic (exact) mass is 379 g/mol. The Bertz CT molecular complexity index is 954. The standard InChI is InChI=1S/C18H21NO4S2/c1-15-7-5-11-18(13-15)25(22,23)19-12-6-8-16(19)14-24(20,21)17-9-3-2-4-10-17/h2-5,7,9-11,13,16H,6,8,12,14H2,1H3/t16-/m0/s1. The van der Waals surface area contributed by atoms with Crippen LogP contribution in [0, 0.1) is 6.92 Å². The smallest absolute Gasteiger partial charge is 0.224 e. The fourth-order valence-electron chi connectivity index (χ4n) is 3.18. The molecular weight excluding hydrogens is 358 g/mol. The summed E-state index contributed by atoms with van der Waals surface area (Å²) in [5.74, 6) is -0.192. The molecule has 1 fully saturated rings. The zero-order valence-electron chi connectivity index (χ0n) is 14.0. The summed E-state index contributed by atoms with van der Waals surface area (Å²) in [6.07, 6.45) is 1.22. The Labute approximate surface area is 149 Å². The largest absolute Gasteiger partial charge is 0.243 e. The highest BCUT2D eigenvalue weighted by atomic mass is 32.2. The summed E-state index contributed by atoms with van der Waals surface area (Å²) in [5, 5.41) is 0. The maximum absolute atomic E-state index is 13.0. The van der Waals surface area contributed by atoms with E-state index in [0.717, 1.165) is 5.56 Å². The Morgan fingerprint density at radius 1 is 0.960 bits per heavy atom. The molecule has 2 aromatic carbocycles. The van der Waals surface area contributed by atoms with Crippen molar-refractivity contribution in [2.24, 2.45) is 0 Å². The quantitative estimate of drug-likeness (QED) is 0.801. The first-order chi connectivity index (χ1) is 11.8. The highest BCUT2D eigenvalue weighted by molar-refractivity contribution is 7.91. The van der Waals surface area contributed by atoms with E-state index in [1.54, 1.807) is 48.5 Å². The van der Waals surface area contributed by atoms with Crippen molar-refractivity contribution in [2.45, 2.75) is 35.6 Å². The van der Waals surface area contributed by atoms with Gasteiger partial charge in [-0.25, -0.2) is 16.8 Å². The van der Waals surface area contributed by atoms with Gasteiger partial charge >= 0.3 is 0 Å². The second-order valence-corrected chi connectivity index (χ2v) is 10.2.